The third-order valence-corrected chi connectivity index (χ3v) is 2.73. The van der Waals surface area contributed by atoms with Gasteiger partial charge in [0.1, 0.15) is 0 Å². The highest BCUT2D eigenvalue weighted by Gasteiger charge is 2.27. The number of amides is 2. The van der Waals surface area contributed by atoms with E-state index in [2.05, 4.69) is 10.6 Å². The predicted octanol–water partition coefficient (Wildman–Crippen LogP) is 0.735. The molecule has 2 atom stereocenters. The molecule has 2 N–H and O–H groups in total. The lowest BCUT2D eigenvalue weighted by molar-refractivity contribution is -0.134. The van der Waals surface area contributed by atoms with Crippen LogP contribution in [-0.2, 0) is 9.59 Å². The Kier molecular flexibility index (Phi) is 3.05. The van der Waals surface area contributed by atoms with Gasteiger partial charge in [-0.15, -0.1) is 0 Å². The molecule has 2 unspecified atom stereocenters. The van der Waals surface area contributed by atoms with E-state index in [9.17, 15) is 9.59 Å². The van der Waals surface area contributed by atoms with Gasteiger partial charge in [-0.25, -0.2) is 0 Å². The number of imide groups is 1. The first kappa shape index (κ1) is 10.9. The first-order valence-electron chi connectivity index (χ1n) is 5.28. The van der Waals surface area contributed by atoms with Crippen molar-refractivity contribution in [2.24, 2.45) is 0 Å². The molecule has 1 saturated heterocycles. The van der Waals surface area contributed by atoms with Gasteiger partial charge in [0.05, 0.1) is 18.6 Å². The Morgan fingerprint density at radius 3 is 3.00 bits per heavy atom. The number of piperidine rings is 1. The first-order chi connectivity index (χ1) is 7.66. The van der Waals surface area contributed by atoms with Crippen LogP contribution in [0.2, 0.25) is 0 Å². The minimum Gasteiger partial charge on any atom is -0.472 e. The molecule has 0 bridgehead atoms. The summed E-state index contributed by atoms with van der Waals surface area (Å²) in [4.78, 5) is 22.5. The van der Waals surface area contributed by atoms with Crippen molar-refractivity contribution in [1.29, 1.82) is 0 Å². The highest BCUT2D eigenvalue weighted by molar-refractivity contribution is 6.00. The number of furan rings is 1. The molecule has 0 saturated carbocycles. The summed E-state index contributed by atoms with van der Waals surface area (Å²) >= 11 is 0. The van der Waals surface area contributed by atoms with E-state index in [0.29, 0.717) is 12.8 Å². The van der Waals surface area contributed by atoms with Gasteiger partial charge in [-0.1, -0.05) is 0 Å². The van der Waals surface area contributed by atoms with Crippen LogP contribution >= 0.6 is 0 Å². The molecule has 0 aliphatic carbocycles. The number of carbonyl (C=O) groups is 2. The summed E-state index contributed by atoms with van der Waals surface area (Å²) in [7, 11) is 0. The summed E-state index contributed by atoms with van der Waals surface area (Å²) in [6, 6.07) is 1.58. The second-order valence-corrected chi connectivity index (χ2v) is 3.95. The zero-order valence-electron chi connectivity index (χ0n) is 9.03. The molecule has 1 aromatic heterocycles. The third-order valence-electron chi connectivity index (χ3n) is 2.73. The van der Waals surface area contributed by atoms with E-state index < -0.39 is 0 Å². The van der Waals surface area contributed by atoms with E-state index in [-0.39, 0.29) is 23.9 Å². The fourth-order valence-corrected chi connectivity index (χ4v) is 1.77. The van der Waals surface area contributed by atoms with Crippen molar-refractivity contribution in [2.75, 3.05) is 0 Å². The van der Waals surface area contributed by atoms with Crippen molar-refractivity contribution in [1.82, 2.24) is 10.6 Å². The largest absolute Gasteiger partial charge is 0.472 e. The van der Waals surface area contributed by atoms with Gasteiger partial charge in [-0.05, 0) is 19.4 Å². The summed E-state index contributed by atoms with van der Waals surface area (Å²) in [5.74, 6) is -0.439. The van der Waals surface area contributed by atoms with Crippen molar-refractivity contribution in [3.63, 3.8) is 0 Å². The van der Waals surface area contributed by atoms with Crippen LogP contribution in [0, 0.1) is 0 Å². The Morgan fingerprint density at radius 2 is 2.38 bits per heavy atom. The summed E-state index contributed by atoms with van der Waals surface area (Å²) in [5.41, 5.74) is 0.990. The van der Waals surface area contributed by atoms with E-state index in [1.54, 1.807) is 12.5 Å². The lowest BCUT2D eigenvalue weighted by Gasteiger charge is -2.24. The highest BCUT2D eigenvalue weighted by atomic mass is 16.3. The molecule has 86 valence electrons. The highest BCUT2D eigenvalue weighted by Crippen LogP contribution is 2.15. The van der Waals surface area contributed by atoms with Gasteiger partial charge in [-0.2, -0.15) is 0 Å². The van der Waals surface area contributed by atoms with Crippen LogP contribution in [-0.4, -0.2) is 17.9 Å². The molecule has 5 nitrogen and oxygen atoms in total. The van der Waals surface area contributed by atoms with Crippen LogP contribution in [0.25, 0.3) is 0 Å². The van der Waals surface area contributed by atoms with Crippen LogP contribution in [0.4, 0.5) is 0 Å². The Labute approximate surface area is 93.2 Å². The van der Waals surface area contributed by atoms with E-state index in [4.69, 9.17) is 4.42 Å². The van der Waals surface area contributed by atoms with E-state index in [1.807, 2.05) is 13.0 Å². The third kappa shape index (κ3) is 2.30. The van der Waals surface area contributed by atoms with Crippen molar-refractivity contribution in [2.45, 2.75) is 31.8 Å². The number of hydrogen-bond acceptors (Lipinski definition) is 4. The molecule has 1 aromatic rings. The van der Waals surface area contributed by atoms with Crippen molar-refractivity contribution in [3.05, 3.63) is 24.2 Å². The topological polar surface area (TPSA) is 71.3 Å². The van der Waals surface area contributed by atoms with Crippen LogP contribution < -0.4 is 10.6 Å². The number of rotatable bonds is 3. The van der Waals surface area contributed by atoms with Crippen LogP contribution in [0.5, 0.6) is 0 Å². The monoisotopic (exact) mass is 222 g/mol. The van der Waals surface area contributed by atoms with Gasteiger partial charge in [0, 0.05) is 18.0 Å². The normalized spacial score (nSPS) is 22.9. The molecule has 2 amide bonds. The minimum atomic E-state index is -0.303. The summed E-state index contributed by atoms with van der Waals surface area (Å²) < 4.78 is 4.97. The standard InChI is InChI=1S/C11H14N2O3/c1-7(8-4-5-16-6-8)12-9-2-3-10(14)13-11(9)15/h4-7,9,12H,2-3H2,1H3,(H,13,14,15). The lowest BCUT2D eigenvalue weighted by Crippen LogP contribution is -2.51. The fraction of sp³-hybridized carbons (Fsp3) is 0.455. The Morgan fingerprint density at radius 1 is 1.56 bits per heavy atom. The maximum absolute atomic E-state index is 11.5. The van der Waals surface area contributed by atoms with Crippen molar-refractivity contribution in [3.8, 4) is 0 Å². The van der Waals surface area contributed by atoms with Crippen LogP contribution in [0.3, 0.4) is 0 Å². The van der Waals surface area contributed by atoms with Crippen molar-refractivity contribution >= 4 is 11.8 Å². The van der Waals surface area contributed by atoms with Gasteiger partial charge < -0.3 is 4.42 Å². The molecule has 0 radical (unpaired) electrons. The van der Waals surface area contributed by atoms with Gasteiger partial charge in [-0.3, -0.25) is 20.2 Å². The maximum atomic E-state index is 11.5. The van der Waals surface area contributed by atoms with Gasteiger partial charge in [0.25, 0.3) is 0 Å². The lowest BCUT2D eigenvalue weighted by atomic mass is 10.0. The average molecular weight is 222 g/mol. The Balaban J connectivity index is 1.95. The number of hydrogen-bond donors (Lipinski definition) is 2. The van der Waals surface area contributed by atoms with Crippen LogP contribution in [0.1, 0.15) is 31.4 Å². The molecular formula is C11H14N2O3. The molecule has 0 spiro atoms. The second-order valence-electron chi connectivity index (χ2n) is 3.95. The van der Waals surface area contributed by atoms with E-state index >= 15 is 0 Å². The SMILES string of the molecule is CC(NC1CCC(=O)NC1=O)c1ccoc1. The van der Waals surface area contributed by atoms with Gasteiger partial charge >= 0.3 is 0 Å². The minimum absolute atomic E-state index is 0.0303. The molecule has 1 fully saturated rings. The zero-order valence-corrected chi connectivity index (χ0v) is 9.03. The summed E-state index contributed by atoms with van der Waals surface area (Å²) in [6.07, 6.45) is 4.18. The molecule has 0 aromatic carbocycles. The summed E-state index contributed by atoms with van der Waals surface area (Å²) in [5, 5.41) is 5.48. The summed E-state index contributed by atoms with van der Waals surface area (Å²) in [6.45, 7) is 1.95. The first-order valence-corrected chi connectivity index (χ1v) is 5.28. The van der Waals surface area contributed by atoms with E-state index in [1.165, 1.54) is 0 Å². The molecule has 1 aliphatic rings. The van der Waals surface area contributed by atoms with Gasteiger partial charge in [0.15, 0.2) is 0 Å². The van der Waals surface area contributed by atoms with Crippen LogP contribution in [0.15, 0.2) is 23.0 Å². The average Bonchev–Trinajstić information content (AvgIpc) is 2.75. The Hall–Kier alpha value is -1.62. The molecule has 2 heterocycles. The smallest absolute Gasteiger partial charge is 0.243 e. The second kappa shape index (κ2) is 4.49. The number of carbonyl (C=O) groups excluding carboxylic acids is 2. The maximum Gasteiger partial charge on any atom is 0.243 e. The fourth-order valence-electron chi connectivity index (χ4n) is 1.77. The van der Waals surface area contributed by atoms with Gasteiger partial charge in [0.2, 0.25) is 11.8 Å². The van der Waals surface area contributed by atoms with E-state index in [0.717, 1.165) is 5.56 Å². The quantitative estimate of drug-likeness (QED) is 0.740. The Bertz CT molecular complexity index is 386. The molecule has 1 aliphatic heterocycles. The molecule has 16 heavy (non-hydrogen) atoms. The molecular weight excluding hydrogens is 208 g/mol. The van der Waals surface area contributed by atoms with Crippen molar-refractivity contribution < 1.29 is 14.0 Å². The number of nitrogens with one attached hydrogen (secondary N) is 2. The molecule has 5 heteroatoms. The zero-order chi connectivity index (χ0) is 11.5. The predicted molar refractivity (Wildman–Crippen MR) is 56.4 cm³/mol. The molecule has 2 rings (SSSR count).